The van der Waals surface area contributed by atoms with Gasteiger partial charge in [0.2, 0.25) is 15.9 Å². The van der Waals surface area contributed by atoms with Crippen molar-refractivity contribution in [1.82, 2.24) is 8.87 Å². The molecule has 0 unspecified atom stereocenters. The quantitative estimate of drug-likeness (QED) is 0.826. The van der Waals surface area contributed by atoms with Crippen molar-refractivity contribution < 1.29 is 13.2 Å². The number of anilines is 1. The molecule has 1 amide bonds. The maximum absolute atomic E-state index is 12.1. The molecule has 7 nitrogen and oxygen atoms in total. The van der Waals surface area contributed by atoms with Crippen LogP contribution in [0.25, 0.3) is 0 Å². The summed E-state index contributed by atoms with van der Waals surface area (Å²) in [6.45, 7) is -0.361. The summed E-state index contributed by atoms with van der Waals surface area (Å²) in [6, 6.07) is 6.81. The van der Waals surface area contributed by atoms with E-state index in [1.807, 2.05) is 0 Å². The number of rotatable bonds is 5. The van der Waals surface area contributed by atoms with E-state index in [0.29, 0.717) is 15.7 Å². The van der Waals surface area contributed by atoms with E-state index in [0.717, 1.165) is 21.1 Å². The molecule has 10 heteroatoms. The second-order valence-corrected chi connectivity index (χ2v) is 8.35. The molecule has 0 saturated heterocycles. The van der Waals surface area contributed by atoms with Gasteiger partial charge in [-0.25, -0.2) is 12.7 Å². The van der Waals surface area contributed by atoms with E-state index in [4.69, 9.17) is 23.2 Å². The van der Waals surface area contributed by atoms with E-state index in [-0.39, 0.29) is 11.4 Å². The average molecular weight is 404 g/mol. The van der Waals surface area contributed by atoms with Crippen LogP contribution in [0.15, 0.2) is 46.2 Å². The lowest BCUT2D eigenvalue weighted by atomic mass is 10.3. The highest BCUT2D eigenvalue weighted by atomic mass is 35.5. The van der Waals surface area contributed by atoms with Crippen LogP contribution in [0.1, 0.15) is 0 Å². The number of benzene rings is 1. The molecule has 134 valence electrons. The maximum atomic E-state index is 12.1. The lowest BCUT2D eigenvalue weighted by Gasteiger charge is -2.13. The van der Waals surface area contributed by atoms with E-state index in [1.54, 1.807) is 0 Å². The lowest BCUT2D eigenvalue weighted by Crippen LogP contribution is -2.29. The Balaban J connectivity index is 2.25. The molecule has 1 aromatic carbocycles. The Labute approximate surface area is 154 Å². The molecule has 0 atom stereocenters. The number of nitrogens with zero attached hydrogens (tertiary/aromatic N) is 2. The van der Waals surface area contributed by atoms with Crippen molar-refractivity contribution in [2.75, 3.05) is 19.4 Å². The molecule has 1 heterocycles. The number of sulfonamides is 1. The van der Waals surface area contributed by atoms with Crippen LogP contribution >= 0.6 is 23.2 Å². The van der Waals surface area contributed by atoms with Crippen LogP contribution in [0.5, 0.6) is 0 Å². The Kier molecular flexibility index (Phi) is 5.89. The minimum Gasteiger partial charge on any atom is -0.324 e. The van der Waals surface area contributed by atoms with Gasteiger partial charge in [0.1, 0.15) is 6.54 Å². The molecular weight excluding hydrogens is 389 g/mol. The molecule has 25 heavy (non-hydrogen) atoms. The van der Waals surface area contributed by atoms with E-state index >= 15 is 0 Å². The second-order valence-electron chi connectivity index (χ2n) is 5.32. The molecule has 1 aromatic heterocycles. The summed E-state index contributed by atoms with van der Waals surface area (Å²) < 4.78 is 26.3. The van der Waals surface area contributed by atoms with Crippen molar-refractivity contribution in [1.29, 1.82) is 0 Å². The number of halogens is 2. The molecule has 2 aromatic rings. The molecule has 0 aliphatic rings. The van der Waals surface area contributed by atoms with Gasteiger partial charge in [0.15, 0.2) is 0 Å². The molecule has 0 radical (unpaired) electrons. The van der Waals surface area contributed by atoms with Gasteiger partial charge in [-0.15, -0.1) is 0 Å². The monoisotopic (exact) mass is 403 g/mol. The predicted octanol–water partition coefficient (Wildman–Crippen LogP) is 2.04. The van der Waals surface area contributed by atoms with Gasteiger partial charge in [-0.2, -0.15) is 0 Å². The summed E-state index contributed by atoms with van der Waals surface area (Å²) in [4.78, 5) is 23.9. The van der Waals surface area contributed by atoms with Gasteiger partial charge in [-0.3, -0.25) is 9.59 Å². The molecule has 0 saturated carbocycles. The average Bonchev–Trinajstić information content (AvgIpc) is 2.47. The van der Waals surface area contributed by atoms with E-state index in [9.17, 15) is 18.0 Å². The second kappa shape index (κ2) is 7.57. The highest BCUT2D eigenvalue weighted by Gasteiger charge is 2.18. The van der Waals surface area contributed by atoms with Crippen LogP contribution in [-0.4, -0.2) is 37.3 Å². The van der Waals surface area contributed by atoms with Gasteiger partial charge in [-0.1, -0.05) is 23.2 Å². The Morgan fingerprint density at radius 2 is 1.76 bits per heavy atom. The van der Waals surface area contributed by atoms with Crippen molar-refractivity contribution in [2.45, 2.75) is 11.4 Å². The first kappa shape index (κ1) is 19.5. The van der Waals surface area contributed by atoms with Gasteiger partial charge in [0, 0.05) is 42.1 Å². The number of hydrogen-bond acceptors (Lipinski definition) is 4. The van der Waals surface area contributed by atoms with Crippen molar-refractivity contribution in [3.8, 4) is 0 Å². The number of nitrogens with one attached hydrogen (secondary N) is 1. The van der Waals surface area contributed by atoms with Crippen molar-refractivity contribution in [3.05, 3.63) is 56.9 Å². The fourth-order valence-corrected chi connectivity index (χ4v) is 3.43. The summed E-state index contributed by atoms with van der Waals surface area (Å²) in [5, 5.41) is 3.25. The summed E-state index contributed by atoms with van der Waals surface area (Å²) in [5.41, 5.74) is -0.135. The maximum Gasteiger partial charge on any atom is 0.251 e. The number of aromatic nitrogens is 1. The van der Waals surface area contributed by atoms with Gasteiger partial charge >= 0.3 is 0 Å². The Morgan fingerprint density at radius 3 is 2.32 bits per heavy atom. The van der Waals surface area contributed by atoms with Gasteiger partial charge in [-0.05, 0) is 24.3 Å². The van der Waals surface area contributed by atoms with Crippen LogP contribution in [-0.2, 0) is 21.4 Å². The normalized spacial score (nSPS) is 11.6. The summed E-state index contributed by atoms with van der Waals surface area (Å²) in [6.07, 6.45) is 1.13. The van der Waals surface area contributed by atoms with Crippen LogP contribution in [0.3, 0.4) is 0 Å². The van der Waals surface area contributed by atoms with Gasteiger partial charge in [0.05, 0.1) is 4.90 Å². The van der Waals surface area contributed by atoms with Gasteiger partial charge in [0.25, 0.3) is 5.56 Å². The number of carbonyl (C=O) groups is 1. The first-order valence-electron chi connectivity index (χ1n) is 6.98. The van der Waals surface area contributed by atoms with Crippen molar-refractivity contribution in [2.24, 2.45) is 0 Å². The molecule has 0 aliphatic carbocycles. The third kappa shape index (κ3) is 4.82. The number of carbonyl (C=O) groups excluding carboxylic acids is 1. The van der Waals surface area contributed by atoms with Crippen molar-refractivity contribution in [3.63, 3.8) is 0 Å². The minimum atomic E-state index is -3.72. The number of pyridine rings is 1. The van der Waals surface area contributed by atoms with Gasteiger partial charge < -0.3 is 9.88 Å². The Bertz CT molecular complexity index is 951. The first-order valence-corrected chi connectivity index (χ1v) is 9.18. The Hall–Kier alpha value is -1.87. The zero-order valence-electron chi connectivity index (χ0n) is 13.4. The summed E-state index contributed by atoms with van der Waals surface area (Å²) in [5.74, 6) is -0.528. The Morgan fingerprint density at radius 1 is 1.16 bits per heavy atom. The molecule has 1 N–H and O–H groups in total. The highest BCUT2D eigenvalue weighted by molar-refractivity contribution is 7.89. The van der Waals surface area contributed by atoms with E-state index in [1.165, 1.54) is 38.4 Å². The van der Waals surface area contributed by atoms with E-state index < -0.39 is 21.5 Å². The standard InChI is InChI=1S/C15H15Cl2N3O4S/c1-19(2)25(23,24)13-3-4-15(22)20(8-13)9-14(21)18-12-6-10(16)5-11(17)7-12/h3-8H,9H2,1-2H3,(H,18,21). The molecular formula is C15H15Cl2N3O4S. The topological polar surface area (TPSA) is 88.5 Å². The lowest BCUT2D eigenvalue weighted by molar-refractivity contribution is -0.116. The molecule has 2 rings (SSSR count). The SMILES string of the molecule is CN(C)S(=O)(=O)c1ccc(=O)n(CC(=O)Nc2cc(Cl)cc(Cl)c2)c1. The fourth-order valence-electron chi connectivity index (χ4n) is 1.98. The first-order chi connectivity index (χ1) is 11.6. The van der Waals surface area contributed by atoms with Crippen LogP contribution in [0, 0.1) is 0 Å². The van der Waals surface area contributed by atoms with Crippen molar-refractivity contribution >= 4 is 44.8 Å². The largest absolute Gasteiger partial charge is 0.324 e. The summed E-state index contributed by atoms with van der Waals surface area (Å²) >= 11 is 11.7. The van der Waals surface area contributed by atoms with Crippen LogP contribution in [0.2, 0.25) is 10.0 Å². The highest BCUT2D eigenvalue weighted by Crippen LogP contribution is 2.22. The molecule has 0 spiro atoms. The number of hydrogen-bond donors (Lipinski definition) is 1. The molecule has 0 bridgehead atoms. The minimum absolute atomic E-state index is 0.0873. The fraction of sp³-hybridized carbons (Fsp3) is 0.200. The number of amides is 1. The van der Waals surface area contributed by atoms with Crippen LogP contribution in [0.4, 0.5) is 5.69 Å². The third-order valence-corrected chi connectivity index (χ3v) is 5.43. The predicted molar refractivity (Wildman–Crippen MR) is 96.7 cm³/mol. The zero-order valence-corrected chi connectivity index (χ0v) is 15.7. The molecule has 0 aliphatic heterocycles. The zero-order chi connectivity index (χ0) is 18.8. The smallest absolute Gasteiger partial charge is 0.251 e. The van der Waals surface area contributed by atoms with Crippen LogP contribution < -0.4 is 10.9 Å². The third-order valence-electron chi connectivity index (χ3n) is 3.20. The summed E-state index contributed by atoms with van der Waals surface area (Å²) in [7, 11) is -0.964. The van der Waals surface area contributed by atoms with E-state index in [2.05, 4.69) is 5.32 Å². The molecule has 0 fully saturated rings.